The highest BCUT2D eigenvalue weighted by molar-refractivity contribution is 5.34. The molecule has 0 radical (unpaired) electrons. The summed E-state index contributed by atoms with van der Waals surface area (Å²) in [6.45, 7) is 4.39. The number of hydrogen-bond acceptors (Lipinski definition) is 1. The van der Waals surface area contributed by atoms with E-state index in [1.807, 2.05) is 0 Å². The first-order chi connectivity index (χ1) is 10.2. The molecule has 0 bridgehead atoms. The van der Waals surface area contributed by atoms with Crippen LogP contribution in [0.5, 0.6) is 0 Å². The quantitative estimate of drug-likeness (QED) is 0.879. The van der Waals surface area contributed by atoms with Crippen LogP contribution in [0, 0.1) is 19.8 Å². The molecule has 1 aliphatic rings. The van der Waals surface area contributed by atoms with Crippen LogP contribution in [0.15, 0.2) is 42.5 Å². The van der Waals surface area contributed by atoms with Gasteiger partial charge in [0.25, 0.3) is 0 Å². The lowest BCUT2D eigenvalue weighted by molar-refractivity contribution is 0.335. The second kappa shape index (κ2) is 6.03. The third-order valence-corrected chi connectivity index (χ3v) is 4.74. The average molecular weight is 279 g/mol. The molecule has 1 heteroatoms. The van der Waals surface area contributed by atoms with Gasteiger partial charge in [0.05, 0.1) is 0 Å². The number of nitrogens with one attached hydrogen (secondary N) is 1. The van der Waals surface area contributed by atoms with E-state index in [-0.39, 0.29) is 0 Å². The molecule has 2 atom stereocenters. The average Bonchev–Trinajstić information content (AvgIpc) is 2.46. The Labute approximate surface area is 128 Å². The Morgan fingerprint density at radius 2 is 1.76 bits per heavy atom. The van der Waals surface area contributed by atoms with Crippen LogP contribution in [-0.2, 0) is 12.8 Å². The fourth-order valence-electron chi connectivity index (χ4n) is 3.93. The van der Waals surface area contributed by atoms with E-state index in [2.05, 4.69) is 68.7 Å². The van der Waals surface area contributed by atoms with Crippen molar-refractivity contribution in [2.24, 2.45) is 5.92 Å². The van der Waals surface area contributed by atoms with Gasteiger partial charge in [-0.15, -0.1) is 0 Å². The maximum absolute atomic E-state index is 3.56. The summed E-state index contributed by atoms with van der Waals surface area (Å²) in [6.07, 6.45) is 3.65. The van der Waals surface area contributed by atoms with Crippen molar-refractivity contribution in [3.8, 4) is 0 Å². The number of benzene rings is 2. The van der Waals surface area contributed by atoms with Gasteiger partial charge in [0.2, 0.25) is 0 Å². The standard InChI is InChI=1S/C20H25N/c1-14-10-15(2)12-16(11-14)13-18-9-8-17-6-4-5-7-19(17)20(18)21-3/h4-7,10-12,18,20-21H,8-9,13H2,1-3H3. The summed E-state index contributed by atoms with van der Waals surface area (Å²) < 4.78 is 0. The van der Waals surface area contributed by atoms with Crippen molar-refractivity contribution in [1.82, 2.24) is 5.32 Å². The first kappa shape index (κ1) is 14.3. The van der Waals surface area contributed by atoms with Gasteiger partial charge in [-0.1, -0.05) is 53.6 Å². The van der Waals surface area contributed by atoms with Gasteiger partial charge >= 0.3 is 0 Å². The van der Waals surface area contributed by atoms with E-state index in [9.17, 15) is 0 Å². The molecule has 3 rings (SSSR count). The highest BCUT2D eigenvalue weighted by Crippen LogP contribution is 2.36. The number of hydrogen-bond donors (Lipinski definition) is 1. The lowest BCUT2D eigenvalue weighted by Gasteiger charge is -2.33. The first-order valence-corrected chi connectivity index (χ1v) is 7.99. The minimum Gasteiger partial charge on any atom is -0.313 e. The van der Waals surface area contributed by atoms with Crippen molar-refractivity contribution < 1.29 is 0 Å². The van der Waals surface area contributed by atoms with Gasteiger partial charge in [-0.3, -0.25) is 0 Å². The third-order valence-electron chi connectivity index (χ3n) is 4.74. The van der Waals surface area contributed by atoms with E-state index < -0.39 is 0 Å². The molecule has 2 aromatic rings. The lowest BCUT2D eigenvalue weighted by atomic mass is 9.77. The van der Waals surface area contributed by atoms with Crippen LogP contribution in [0.25, 0.3) is 0 Å². The minimum atomic E-state index is 0.482. The Hall–Kier alpha value is -1.60. The van der Waals surface area contributed by atoms with Gasteiger partial charge in [0, 0.05) is 6.04 Å². The SMILES string of the molecule is CNC1c2ccccc2CCC1Cc1cc(C)cc(C)c1. The summed E-state index contributed by atoms with van der Waals surface area (Å²) in [5.41, 5.74) is 7.26. The summed E-state index contributed by atoms with van der Waals surface area (Å²) in [5.74, 6) is 0.686. The summed E-state index contributed by atoms with van der Waals surface area (Å²) in [7, 11) is 2.10. The molecule has 0 saturated heterocycles. The zero-order valence-electron chi connectivity index (χ0n) is 13.3. The van der Waals surface area contributed by atoms with Gasteiger partial charge < -0.3 is 5.32 Å². The molecular weight excluding hydrogens is 254 g/mol. The zero-order valence-corrected chi connectivity index (χ0v) is 13.3. The van der Waals surface area contributed by atoms with E-state index in [0.29, 0.717) is 12.0 Å². The van der Waals surface area contributed by atoms with Gasteiger partial charge in [0.15, 0.2) is 0 Å². The summed E-state index contributed by atoms with van der Waals surface area (Å²) in [6, 6.07) is 16.3. The summed E-state index contributed by atoms with van der Waals surface area (Å²) in [5, 5.41) is 3.56. The molecule has 110 valence electrons. The maximum atomic E-state index is 3.56. The Kier molecular flexibility index (Phi) is 4.12. The van der Waals surface area contributed by atoms with E-state index >= 15 is 0 Å². The van der Waals surface area contributed by atoms with Crippen LogP contribution in [0.1, 0.15) is 40.3 Å². The normalized spacial score (nSPS) is 21.1. The zero-order chi connectivity index (χ0) is 14.8. The van der Waals surface area contributed by atoms with Gasteiger partial charge in [-0.2, -0.15) is 0 Å². The molecule has 0 aliphatic heterocycles. The van der Waals surface area contributed by atoms with E-state index in [4.69, 9.17) is 0 Å². The molecule has 1 aliphatic carbocycles. The molecule has 2 aromatic carbocycles. The summed E-state index contributed by atoms with van der Waals surface area (Å²) in [4.78, 5) is 0. The molecule has 1 N–H and O–H groups in total. The predicted octanol–water partition coefficient (Wildman–Crippen LogP) is 4.37. The second-order valence-corrected chi connectivity index (χ2v) is 6.46. The fourth-order valence-corrected chi connectivity index (χ4v) is 3.93. The molecular formula is C20H25N. The van der Waals surface area contributed by atoms with E-state index in [1.54, 1.807) is 0 Å². The first-order valence-electron chi connectivity index (χ1n) is 7.99. The summed E-state index contributed by atoms with van der Waals surface area (Å²) >= 11 is 0. The third kappa shape index (κ3) is 3.03. The van der Waals surface area contributed by atoms with Crippen LogP contribution >= 0.6 is 0 Å². The minimum absolute atomic E-state index is 0.482. The highest BCUT2D eigenvalue weighted by Gasteiger charge is 2.28. The van der Waals surface area contributed by atoms with Crippen molar-refractivity contribution in [2.75, 3.05) is 7.05 Å². The van der Waals surface area contributed by atoms with Gasteiger partial charge in [-0.25, -0.2) is 0 Å². The van der Waals surface area contributed by atoms with Crippen molar-refractivity contribution >= 4 is 0 Å². The maximum Gasteiger partial charge on any atom is 0.0352 e. The Morgan fingerprint density at radius 1 is 1.05 bits per heavy atom. The van der Waals surface area contributed by atoms with Crippen molar-refractivity contribution in [3.05, 3.63) is 70.3 Å². The van der Waals surface area contributed by atoms with E-state index in [0.717, 1.165) is 0 Å². The molecule has 0 heterocycles. The molecule has 0 spiro atoms. The second-order valence-electron chi connectivity index (χ2n) is 6.46. The number of rotatable bonds is 3. The molecule has 1 nitrogen and oxygen atoms in total. The fraction of sp³-hybridized carbons (Fsp3) is 0.400. The molecule has 0 aromatic heterocycles. The monoisotopic (exact) mass is 279 g/mol. The Bertz CT molecular complexity index is 609. The molecule has 2 unspecified atom stereocenters. The lowest BCUT2D eigenvalue weighted by Crippen LogP contribution is -2.31. The van der Waals surface area contributed by atoms with Crippen molar-refractivity contribution in [1.29, 1.82) is 0 Å². The van der Waals surface area contributed by atoms with Crippen molar-refractivity contribution in [3.63, 3.8) is 0 Å². The topological polar surface area (TPSA) is 12.0 Å². The van der Waals surface area contributed by atoms with Crippen molar-refractivity contribution in [2.45, 2.75) is 39.2 Å². The smallest absolute Gasteiger partial charge is 0.0352 e. The molecule has 21 heavy (non-hydrogen) atoms. The van der Waals surface area contributed by atoms with E-state index in [1.165, 1.54) is 47.1 Å². The van der Waals surface area contributed by atoms with Crippen LogP contribution < -0.4 is 5.32 Å². The largest absolute Gasteiger partial charge is 0.313 e. The number of fused-ring (bicyclic) bond motifs is 1. The predicted molar refractivity (Wildman–Crippen MR) is 89.7 cm³/mol. The van der Waals surface area contributed by atoms with Crippen LogP contribution in [0.3, 0.4) is 0 Å². The van der Waals surface area contributed by atoms with Gasteiger partial charge in [0.1, 0.15) is 0 Å². The van der Waals surface area contributed by atoms with Crippen LogP contribution in [0.4, 0.5) is 0 Å². The van der Waals surface area contributed by atoms with Crippen LogP contribution in [0.2, 0.25) is 0 Å². The highest BCUT2D eigenvalue weighted by atomic mass is 14.9. The molecule has 0 fully saturated rings. The Morgan fingerprint density at radius 3 is 2.48 bits per heavy atom. The molecule has 0 amide bonds. The van der Waals surface area contributed by atoms with Gasteiger partial charge in [-0.05, 0) is 62.8 Å². The molecule has 0 saturated carbocycles. The number of aryl methyl sites for hydroxylation is 3. The van der Waals surface area contributed by atoms with Crippen LogP contribution in [-0.4, -0.2) is 7.05 Å². The Balaban J connectivity index is 1.86.